The highest BCUT2D eigenvalue weighted by atomic mass is 16.6. The molecule has 0 spiro atoms. The van der Waals surface area contributed by atoms with E-state index >= 15 is 0 Å². The van der Waals surface area contributed by atoms with Crippen LogP contribution in [0.25, 0.3) is 6.08 Å². The van der Waals surface area contributed by atoms with Gasteiger partial charge in [0.15, 0.2) is 0 Å². The van der Waals surface area contributed by atoms with Crippen LogP contribution < -0.4 is 5.73 Å². The lowest BCUT2D eigenvalue weighted by Gasteiger charge is -2.33. The van der Waals surface area contributed by atoms with Gasteiger partial charge in [0.25, 0.3) is 11.6 Å². The molecule has 0 unspecified atom stereocenters. The molecule has 30 heavy (non-hydrogen) atoms. The van der Waals surface area contributed by atoms with E-state index in [9.17, 15) is 19.7 Å². The van der Waals surface area contributed by atoms with Gasteiger partial charge in [-0.2, -0.15) is 0 Å². The number of nitrogens with zero attached hydrogens (tertiary/aromatic N) is 4. The summed E-state index contributed by atoms with van der Waals surface area (Å²) in [5.41, 5.74) is 8.22. The van der Waals surface area contributed by atoms with Gasteiger partial charge >= 0.3 is 0 Å². The smallest absolute Gasteiger partial charge is 0.272 e. The first-order valence-corrected chi connectivity index (χ1v) is 9.59. The fourth-order valence-corrected chi connectivity index (χ4v) is 3.99. The van der Waals surface area contributed by atoms with Crippen LogP contribution in [-0.4, -0.2) is 56.7 Å². The number of rotatable bonds is 4. The normalized spacial score (nSPS) is 20.2. The second kappa shape index (κ2) is 7.58. The van der Waals surface area contributed by atoms with Gasteiger partial charge in [0.2, 0.25) is 5.91 Å². The summed E-state index contributed by atoms with van der Waals surface area (Å²) in [5, 5.41) is 10.7. The number of hydrogen-bond donors (Lipinski definition) is 1. The molecule has 2 fully saturated rings. The lowest BCUT2D eigenvalue weighted by molar-refractivity contribution is -0.384. The van der Waals surface area contributed by atoms with Crippen LogP contribution in [0.5, 0.6) is 0 Å². The maximum Gasteiger partial charge on any atom is 0.272 e. The van der Waals surface area contributed by atoms with Crippen molar-refractivity contribution in [2.24, 2.45) is 0 Å². The number of piperazine rings is 1. The molecule has 2 aliphatic rings. The van der Waals surface area contributed by atoms with Crippen molar-refractivity contribution in [3.05, 3.63) is 69.5 Å². The summed E-state index contributed by atoms with van der Waals surface area (Å²) >= 11 is 0. The van der Waals surface area contributed by atoms with Gasteiger partial charge in [-0.25, -0.2) is 4.98 Å². The Morgan fingerprint density at radius 3 is 2.47 bits per heavy atom. The summed E-state index contributed by atoms with van der Waals surface area (Å²) in [6, 6.07) is 7.64. The van der Waals surface area contributed by atoms with Gasteiger partial charge < -0.3 is 15.5 Å². The number of aryl methyl sites for hydroxylation is 1. The maximum atomic E-state index is 12.8. The average Bonchev–Trinajstić information content (AvgIpc) is 3.35. The Morgan fingerprint density at radius 1 is 1.20 bits per heavy atom. The van der Waals surface area contributed by atoms with Crippen LogP contribution in [0.3, 0.4) is 0 Å². The summed E-state index contributed by atoms with van der Waals surface area (Å²) < 4.78 is 0. The lowest BCUT2D eigenvalue weighted by Crippen LogP contribution is -2.50. The summed E-state index contributed by atoms with van der Waals surface area (Å²) in [5.74, 6) is -0.270. The predicted molar refractivity (Wildman–Crippen MR) is 110 cm³/mol. The highest BCUT2D eigenvalue weighted by molar-refractivity contribution is 5.95. The number of non-ortho nitro benzene ring substituents is 1. The van der Waals surface area contributed by atoms with E-state index in [-0.39, 0.29) is 29.6 Å². The molecule has 1 aromatic heterocycles. The number of carbonyl (C=O) groups excluding carboxylic acids is 2. The molecular formula is C21H21N5O4. The fraction of sp³-hybridized carbons (Fsp3) is 0.286. The Kier molecular flexibility index (Phi) is 4.94. The topological polar surface area (TPSA) is 123 Å². The van der Waals surface area contributed by atoms with Crippen LogP contribution >= 0.6 is 0 Å². The largest absolute Gasteiger partial charge is 0.397 e. The molecule has 2 aromatic rings. The standard InChI is InChI=1S/C21H21N5O4/c1-13-8-19(23-10-18(13)22)21(28)25-12-16-9-17(25)11-24(16)20(27)7-4-14-2-5-15(6-3-14)26(29)30/h2-8,10,16-17H,9,11-12,22H2,1H3/b7-4+/t16-,17-/m0/s1. The zero-order chi connectivity index (χ0) is 21.4. The molecule has 2 amide bonds. The van der Waals surface area contributed by atoms with Gasteiger partial charge in [-0.05, 0) is 48.7 Å². The molecule has 154 valence electrons. The molecule has 0 radical (unpaired) electrons. The molecule has 0 aliphatic carbocycles. The summed E-state index contributed by atoms with van der Waals surface area (Å²) in [7, 11) is 0. The number of likely N-dealkylation sites (tertiary alicyclic amines) is 2. The molecule has 2 atom stereocenters. The Labute approximate surface area is 172 Å². The Morgan fingerprint density at radius 2 is 1.87 bits per heavy atom. The number of hydrogen-bond acceptors (Lipinski definition) is 6. The van der Waals surface area contributed by atoms with Crippen molar-refractivity contribution in [1.29, 1.82) is 0 Å². The van der Waals surface area contributed by atoms with Gasteiger partial charge in [0.1, 0.15) is 5.69 Å². The van der Waals surface area contributed by atoms with Crippen LogP contribution in [0.2, 0.25) is 0 Å². The van der Waals surface area contributed by atoms with Gasteiger partial charge in [-0.15, -0.1) is 0 Å². The van der Waals surface area contributed by atoms with Gasteiger partial charge in [0, 0.05) is 31.3 Å². The van der Waals surface area contributed by atoms with Crippen molar-refractivity contribution in [3.8, 4) is 0 Å². The molecular weight excluding hydrogens is 386 g/mol. The average molecular weight is 407 g/mol. The highest BCUT2D eigenvalue weighted by Crippen LogP contribution is 2.32. The molecule has 9 heteroatoms. The van der Waals surface area contributed by atoms with E-state index in [4.69, 9.17) is 5.73 Å². The number of carbonyl (C=O) groups is 2. The molecule has 2 N–H and O–H groups in total. The number of amides is 2. The van der Waals surface area contributed by atoms with E-state index in [0.29, 0.717) is 30.0 Å². The van der Waals surface area contributed by atoms with Crippen LogP contribution in [0.15, 0.2) is 42.6 Å². The fourth-order valence-electron chi connectivity index (χ4n) is 3.99. The third-order valence-electron chi connectivity index (χ3n) is 5.68. The quantitative estimate of drug-likeness (QED) is 0.470. The zero-order valence-corrected chi connectivity index (χ0v) is 16.4. The van der Waals surface area contributed by atoms with E-state index in [1.165, 1.54) is 24.4 Å². The molecule has 3 heterocycles. The van der Waals surface area contributed by atoms with Crippen molar-refractivity contribution in [2.45, 2.75) is 25.4 Å². The SMILES string of the molecule is Cc1cc(C(=O)N2C[C@@H]3C[C@H]2CN3C(=O)/C=C/c2ccc([N+](=O)[O-])cc2)ncc1N. The van der Waals surface area contributed by atoms with Crippen LogP contribution in [0, 0.1) is 17.0 Å². The summed E-state index contributed by atoms with van der Waals surface area (Å²) in [6.45, 7) is 2.79. The van der Waals surface area contributed by atoms with Gasteiger partial charge in [-0.3, -0.25) is 19.7 Å². The zero-order valence-electron chi connectivity index (χ0n) is 16.4. The first-order chi connectivity index (χ1) is 14.3. The van der Waals surface area contributed by atoms with Crippen molar-refractivity contribution in [3.63, 3.8) is 0 Å². The minimum absolute atomic E-state index is 0.00544. The number of nitro benzene ring substituents is 1. The first kappa shape index (κ1) is 19.6. The molecule has 2 saturated heterocycles. The van der Waals surface area contributed by atoms with Crippen LogP contribution in [0.1, 0.15) is 28.0 Å². The molecule has 2 bridgehead atoms. The monoisotopic (exact) mass is 407 g/mol. The predicted octanol–water partition coefficient (Wildman–Crippen LogP) is 2.02. The second-order valence-corrected chi connectivity index (χ2v) is 7.60. The number of anilines is 1. The lowest BCUT2D eigenvalue weighted by atomic mass is 10.2. The van der Waals surface area contributed by atoms with Crippen molar-refractivity contribution < 1.29 is 14.5 Å². The third kappa shape index (κ3) is 3.61. The van der Waals surface area contributed by atoms with E-state index in [1.807, 2.05) is 6.92 Å². The van der Waals surface area contributed by atoms with Crippen LogP contribution in [0.4, 0.5) is 11.4 Å². The molecule has 0 saturated carbocycles. The van der Waals surface area contributed by atoms with Crippen LogP contribution in [-0.2, 0) is 4.79 Å². The minimum atomic E-state index is -0.464. The van der Waals surface area contributed by atoms with Crippen molar-refractivity contribution in [2.75, 3.05) is 18.8 Å². The maximum absolute atomic E-state index is 12.8. The van der Waals surface area contributed by atoms with E-state index in [2.05, 4.69) is 4.98 Å². The van der Waals surface area contributed by atoms with Gasteiger partial charge in [-0.1, -0.05) is 0 Å². The molecule has 4 rings (SSSR count). The molecule has 1 aromatic carbocycles. The number of benzene rings is 1. The molecule has 2 aliphatic heterocycles. The molecule has 9 nitrogen and oxygen atoms in total. The summed E-state index contributed by atoms with van der Waals surface area (Å²) in [4.78, 5) is 43.4. The first-order valence-electron chi connectivity index (χ1n) is 9.59. The van der Waals surface area contributed by atoms with E-state index in [1.54, 1.807) is 34.1 Å². The van der Waals surface area contributed by atoms with E-state index in [0.717, 1.165) is 12.0 Å². The number of fused-ring (bicyclic) bond motifs is 2. The third-order valence-corrected chi connectivity index (χ3v) is 5.68. The second-order valence-electron chi connectivity index (χ2n) is 7.60. The van der Waals surface area contributed by atoms with Crippen molar-refractivity contribution in [1.82, 2.24) is 14.8 Å². The summed E-state index contributed by atoms with van der Waals surface area (Å²) in [6.07, 6.45) is 5.35. The number of nitrogen functional groups attached to an aromatic ring is 1. The van der Waals surface area contributed by atoms with Gasteiger partial charge in [0.05, 0.1) is 28.9 Å². The number of aromatic nitrogens is 1. The Hall–Kier alpha value is -3.75. The Balaban J connectivity index is 1.39. The minimum Gasteiger partial charge on any atom is -0.397 e. The number of nitro groups is 1. The number of pyridine rings is 1. The van der Waals surface area contributed by atoms with E-state index < -0.39 is 4.92 Å². The van der Waals surface area contributed by atoms with Crippen molar-refractivity contribution >= 4 is 29.3 Å². The highest BCUT2D eigenvalue weighted by Gasteiger charge is 2.46. The number of nitrogens with two attached hydrogens (primary N) is 1. The Bertz CT molecular complexity index is 1050.